The van der Waals surface area contributed by atoms with E-state index in [1.54, 1.807) is 18.2 Å². The van der Waals surface area contributed by atoms with Crippen molar-refractivity contribution in [1.29, 1.82) is 0 Å². The Labute approximate surface area is 116 Å². The molecule has 2 rings (SSSR count). The van der Waals surface area contributed by atoms with Gasteiger partial charge in [0.25, 0.3) is 0 Å². The lowest BCUT2D eigenvalue weighted by Gasteiger charge is -2.17. The minimum absolute atomic E-state index is 0.0653. The average Bonchev–Trinajstić information content (AvgIpc) is 2.36. The molecule has 0 aliphatic heterocycles. The second-order valence-electron chi connectivity index (χ2n) is 4.52. The van der Waals surface area contributed by atoms with Crippen LogP contribution in [0.1, 0.15) is 24.1 Å². The molecular formula is C15H14ClF2N. The smallest absolute Gasteiger partial charge is 0.146 e. The van der Waals surface area contributed by atoms with Crippen molar-refractivity contribution >= 4 is 17.3 Å². The number of rotatable bonds is 3. The molecule has 0 aromatic heterocycles. The quantitative estimate of drug-likeness (QED) is 0.825. The molecule has 0 aliphatic carbocycles. The Morgan fingerprint density at radius 1 is 1.05 bits per heavy atom. The molecule has 0 amide bonds. The van der Waals surface area contributed by atoms with E-state index >= 15 is 0 Å². The van der Waals surface area contributed by atoms with Crippen molar-refractivity contribution in [3.63, 3.8) is 0 Å². The predicted molar refractivity (Wildman–Crippen MR) is 74.6 cm³/mol. The van der Waals surface area contributed by atoms with Crippen molar-refractivity contribution in [2.24, 2.45) is 0 Å². The molecule has 2 aromatic rings. The van der Waals surface area contributed by atoms with Crippen molar-refractivity contribution < 1.29 is 8.78 Å². The fourth-order valence-electron chi connectivity index (χ4n) is 1.84. The van der Waals surface area contributed by atoms with Gasteiger partial charge in [0.1, 0.15) is 11.6 Å². The number of halogens is 3. The van der Waals surface area contributed by atoms with E-state index in [0.717, 1.165) is 11.1 Å². The summed E-state index contributed by atoms with van der Waals surface area (Å²) in [7, 11) is 0. The largest absolute Gasteiger partial charge is 0.376 e. The zero-order chi connectivity index (χ0) is 14.0. The number of hydrogen-bond donors (Lipinski definition) is 1. The highest BCUT2D eigenvalue weighted by molar-refractivity contribution is 6.30. The Morgan fingerprint density at radius 2 is 1.79 bits per heavy atom. The molecule has 0 heterocycles. The zero-order valence-corrected chi connectivity index (χ0v) is 11.4. The minimum atomic E-state index is -0.459. The van der Waals surface area contributed by atoms with Crippen LogP contribution in [0.5, 0.6) is 0 Å². The normalized spacial score (nSPS) is 12.3. The standard InChI is InChI=1S/C15H14ClF2N/c1-9-3-6-15(14(18)7-9)19-10(2)11-4-5-13(17)12(16)8-11/h3-8,10,19H,1-2H3. The molecule has 0 radical (unpaired) electrons. The van der Waals surface area contributed by atoms with Gasteiger partial charge in [-0.1, -0.05) is 23.7 Å². The third-order valence-corrected chi connectivity index (χ3v) is 3.23. The van der Waals surface area contributed by atoms with Gasteiger partial charge in [-0.25, -0.2) is 8.78 Å². The van der Waals surface area contributed by atoms with Gasteiger partial charge in [0.05, 0.1) is 10.7 Å². The number of benzene rings is 2. The van der Waals surface area contributed by atoms with E-state index in [9.17, 15) is 8.78 Å². The van der Waals surface area contributed by atoms with Gasteiger partial charge in [0.15, 0.2) is 0 Å². The molecule has 0 spiro atoms. The molecule has 0 saturated carbocycles. The van der Waals surface area contributed by atoms with Crippen LogP contribution in [0.3, 0.4) is 0 Å². The number of nitrogens with one attached hydrogen (secondary N) is 1. The van der Waals surface area contributed by atoms with Crippen molar-refractivity contribution in [3.05, 3.63) is 64.2 Å². The summed E-state index contributed by atoms with van der Waals surface area (Å²) in [5.41, 5.74) is 2.07. The maximum atomic E-state index is 13.7. The van der Waals surface area contributed by atoms with Crippen LogP contribution in [-0.2, 0) is 0 Å². The first-order valence-corrected chi connectivity index (χ1v) is 6.33. The Kier molecular flexibility index (Phi) is 4.05. The predicted octanol–water partition coefficient (Wildman–Crippen LogP) is 5.10. The monoisotopic (exact) mass is 281 g/mol. The van der Waals surface area contributed by atoms with Crippen molar-refractivity contribution in [2.45, 2.75) is 19.9 Å². The Hall–Kier alpha value is -1.61. The van der Waals surface area contributed by atoms with Gasteiger partial charge in [0.2, 0.25) is 0 Å². The fraction of sp³-hybridized carbons (Fsp3) is 0.200. The van der Waals surface area contributed by atoms with Gasteiger partial charge in [-0.3, -0.25) is 0 Å². The Bertz CT molecular complexity index is 599. The lowest BCUT2D eigenvalue weighted by Crippen LogP contribution is -2.08. The van der Waals surface area contributed by atoms with Crippen LogP contribution >= 0.6 is 11.6 Å². The zero-order valence-electron chi connectivity index (χ0n) is 10.7. The van der Waals surface area contributed by atoms with Gasteiger partial charge in [-0.15, -0.1) is 0 Å². The molecule has 0 saturated heterocycles. The molecule has 0 bridgehead atoms. The molecule has 1 N–H and O–H groups in total. The van der Waals surface area contributed by atoms with Crippen LogP contribution in [-0.4, -0.2) is 0 Å². The second kappa shape index (κ2) is 5.57. The minimum Gasteiger partial charge on any atom is -0.376 e. The maximum Gasteiger partial charge on any atom is 0.146 e. The molecule has 19 heavy (non-hydrogen) atoms. The van der Waals surface area contributed by atoms with E-state index < -0.39 is 5.82 Å². The highest BCUT2D eigenvalue weighted by atomic mass is 35.5. The molecule has 0 aliphatic rings. The van der Waals surface area contributed by atoms with E-state index in [1.807, 2.05) is 19.9 Å². The number of anilines is 1. The Morgan fingerprint density at radius 3 is 2.42 bits per heavy atom. The first-order valence-electron chi connectivity index (χ1n) is 5.95. The van der Waals surface area contributed by atoms with Gasteiger partial charge >= 0.3 is 0 Å². The molecule has 2 aromatic carbocycles. The summed E-state index contributed by atoms with van der Waals surface area (Å²) in [6, 6.07) is 9.29. The summed E-state index contributed by atoms with van der Waals surface area (Å²) in [6.45, 7) is 3.69. The third-order valence-electron chi connectivity index (χ3n) is 2.94. The Balaban J connectivity index is 2.20. The van der Waals surface area contributed by atoms with Crippen LogP contribution in [0.4, 0.5) is 14.5 Å². The molecular weight excluding hydrogens is 268 g/mol. The molecule has 100 valence electrons. The first kappa shape index (κ1) is 13.8. The van der Waals surface area contributed by atoms with Crippen LogP contribution in [0.2, 0.25) is 5.02 Å². The first-order chi connectivity index (χ1) is 8.97. The summed E-state index contributed by atoms with van der Waals surface area (Å²) in [6.07, 6.45) is 0. The van der Waals surface area contributed by atoms with Crippen molar-refractivity contribution in [3.8, 4) is 0 Å². The molecule has 1 nitrogen and oxygen atoms in total. The van der Waals surface area contributed by atoms with Crippen molar-refractivity contribution in [1.82, 2.24) is 0 Å². The second-order valence-corrected chi connectivity index (χ2v) is 4.93. The van der Waals surface area contributed by atoms with Gasteiger partial charge in [-0.2, -0.15) is 0 Å². The molecule has 4 heteroatoms. The summed E-state index contributed by atoms with van der Waals surface area (Å²) in [5, 5.41) is 3.11. The van der Waals surface area contributed by atoms with Gasteiger partial charge < -0.3 is 5.32 Å². The maximum absolute atomic E-state index is 13.7. The van der Waals surface area contributed by atoms with E-state index in [-0.39, 0.29) is 16.9 Å². The summed E-state index contributed by atoms with van der Waals surface area (Å²) >= 11 is 5.74. The van der Waals surface area contributed by atoms with E-state index in [1.165, 1.54) is 12.1 Å². The molecule has 1 unspecified atom stereocenters. The van der Waals surface area contributed by atoms with Crippen LogP contribution in [0.15, 0.2) is 36.4 Å². The summed E-state index contributed by atoms with van der Waals surface area (Å²) in [5.74, 6) is -0.765. The van der Waals surface area contributed by atoms with Crippen LogP contribution in [0, 0.1) is 18.6 Å². The third kappa shape index (κ3) is 3.24. The highest BCUT2D eigenvalue weighted by Gasteiger charge is 2.10. The molecule has 0 fully saturated rings. The summed E-state index contributed by atoms with van der Waals surface area (Å²) < 4.78 is 26.8. The van der Waals surface area contributed by atoms with E-state index in [4.69, 9.17) is 11.6 Å². The van der Waals surface area contributed by atoms with Crippen molar-refractivity contribution in [2.75, 3.05) is 5.32 Å². The van der Waals surface area contributed by atoms with Gasteiger partial charge in [-0.05, 0) is 49.2 Å². The average molecular weight is 282 g/mol. The van der Waals surface area contributed by atoms with E-state index in [0.29, 0.717) is 5.69 Å². The molecule has 1 atom stereocenters. The lowest BCUT2D eigenvalue weighted by atomic mass is 10.1. The van der Waals surface area contributed by atoms with Gasteiger partial charge in [0, 0.05) is 6.04 Å². The van der Waals surface area contributed by atoms with E-state index in [2.05, 4.69) is 5.32 Å². The highest BCUT2D eigenvalue weighted by Crippen LogP contribution is 2.25. The van der Waals surface area contributed by atoms with Crippen LogP contribution < -0.4 is 5.32 Å². The number of aryl methyl sites for hydroxylation is 1. The fourth-order valence-corrected chi connectivity index (χ4v) is 2.02. The topological polar surface area (TPSA) is 12.0 Å². The SMILES string of the molecule is Cc1ccc(NC(C)c2ccc(F)c(Cl)c2)c(F)c1. The van der Waals surface area contributed by atoms with Crippen LogP contribution in [0.25, 0.3) is 0 Å². The lowest BCUT2D eigenvalue weighted by molar-refractivity contribution is 0.623. The number of hydrogen-bond acceptors (Lipinski definition) is 1. The summed E-state index contributed by atoms with van der Waals surface area (Å²) in [4.78, 5) is 0.